The van der Waals surface area contributed by atoms with E-state index in [1.54, 1.807) is 13.0 Å². The van der Waals surface area contributed by atoms with Gasteiger partial charge < -0.3 is 4.79 Å². The van der Waals surface area contributed by atoms with Crippen LogP contribution in [0.4, 0.5) is 0 Å². The monoisotopic (exact) mass is 328 g/mol. The van der Waals surface area contributed by atoms with Gasteiger partial charge in [0, 0.05) is 12.3 Å². The van der Waals surface area contributed by atoms with E-state index in [4.69, 9.17) is 0 Å². The van der Waals surface area contributed by atoms with Crippen LogP contribution in [0.2, 0.25) is 0 Å². The Morgan fingerprint density at radius 2 is 1.92 bits per heavy atom. The molecule has 3 saturated carbocycles. The maximum absolute atomic E-state index is 12.2. The molecule has 6 atom stereocenters. The molecule has 0 aromatic rings. The molecule has 24 heavy (non-hydrogen) atoms. The predicted octanol–water partition coefficient (Wildman–Crippen LogP) is 3.90. The first-order valence-electron chi connectivity index (χ1n) is 9.63. The largest absolute Gasteiger partial charge is 0.302 e. The second-order valence-electron chi connectivity index (χ2n) is 8.99. The van der Waals surface area contributed by atoms with E-state index in [9.17, 15) is 14.4 Å². The lowest BCUT2D eigenvalue weighted by Crippen LogP contribution is -2.52. The van der Waals surface area contributed by atoms with E-state index in [2.05, 4.69) is 6.92 Å². The highest BCUT2D eigenvalue weighted by Crippen LogP contribution is 2.66. The normalized spacial score (nSPS) is 47.2. The molecule has 130 valence electrons. The average Bonchev–Trinajstić information content (AvgIpc) is 2.91. The first-order chi connectivity index (χ1) is 11.4. The number of allylic oxidation sites excluding steroid dienone is 1. The van der Waals surface area contributed by atoms with Crippen LogP contribution in [-0.2, 0) is 14.4 Å². The molecule has 0 aliphatic heterocycles. The molecular formula is C21H28O3. The summed E-state index contributed by atoms with van der Waals surface area (Å²) in [6, 6.07) is 0. The van der Waals surface area contributed by atoms with Crippen LogP contribution in [0.1, 0.15) is 65.2 Å². The number of ketones is 2. The average molecular weight is 328 g/mol. The molecular weight excluding hydrogens is 300 g/mol. The highest BCUT2D eigenvalue weighted by molar-refractivity contribution is 5.93. The summed E-state index contributed by atoms with van der Waals surface area (Å²) in [5.74, 6) is 2.25. The van der Waals surface area contributed by atoms with Crippen LogP contribution in [0.15, 0.2) is 11.6 Å². The summed E-state index contributed by atoms with van der Waals surface area (Å²) in [4.78, 5) is 36.2. The minimum Gasteiger partial charge on any atom is -0.302 e. The van der Waals surface area contributed by atoms with E-state index in [-0.39, 0.29) is 22.5 Å². The number of carbonyl (C=O) groups excluding carboxylic acids is 3. The number of aldehydes is 1. The van der Waals surface area contributed by atoms with Crippen LogP contribution in [-0.4, -0.2) is 17.9 Å². The molecule has 0 aromatic carbocycles. The van der Waals surface area contributed by atoms with Crippen molar-refractivity contribution in [2.45, 2.75) is 65.2 Å². The summed E-state index contributed by atoms with van der Waals surface area (Å²) < 4.78 is 0. The molecule has 3 heteroatoms. The zero-order chi connectivity index (χ0) is 17.1. The van der Waals surface area contributed by atoms with Crippen LogP contribution in [0, 0.1) is 34.5 Å². The first kappa shape index (κ1) is 16.2. The molecule has 4 rings (SSSR count). The molecule has 0 heterocycles. The van der Waals surface area contributed by atoms with Crippen molar-refractivity contribution < 1.29 is 14.4 Å². The van der Waals surface area contributed by atoms with Gasteiger partial charge in [-0.3, -0.25) is 9.59 Å². The Kier molecular flexibility index (Phi) is 3.63. The number of hydrogen-bond acceptors (Lipinski definition) is 3. The van der Waals surface area contributed by atoms with Gasteiger partial charge in [-0.2, -0.15) is 0 Å². The van der Waals surface area contributed by atoms with E-state index in [0.717, 1.165) is 44.1 Å². The third kappa shape index (κ3) is 1.99. The fourth-order valence-corrected chi connectivity index (χ4v) is 7.16. The Balaban J connectivity index is 1.71. The highest BCUT2D eigenvalue weighted by atomic mass is 16.1. The van der Waals surface area contributed by atoms with Crippen molar-refractivity contribution in [3.63, 3.8) is 0 Å². The molecule has 0 saturated heterocycles. The van der Waals surface area contributed by atoms with Gasteiger partial charge in [-0.25, -0.2) is 0 Å². The van der Waals surface area contributed by atoms with Crippen LogP contribution >= 0.6 is 0 Å². The van der Waals surface area contributed by atoms with Crippen molar-refractivity contribution in [3.05, 3.63) is 11.6 Å². The van der Waals surface area contributed by atoms with Crippen molar-refractivity contribution in [1.29, 1.82) is 0 Å². The lowest BCUT2D eigenvalue weighted by atomic mass is 9.46. The first-order valence-corrected chi connectivity index (χ1v) is 9.63. The van der Waals surface area contributed by atoms with E-state index >= 15 is 0 Å². The van der Waals surface area contributed by atoms with E-state index in [1.807, 2.05) is 0 Å². The zero-order valence-electron chi connectivity index (χ0n) is 14.8. The molecule has 0 N–H and O–H groups in total. The standard InChI is InChI=1S/C21H28O3/c1-13(23)17-5-6-18-16-4-3-14-11-15(24)7-10-21(14,12-22)19(16)8-9-20(17,18)2/h11-12,16-19H,3-10H2,1-2H3/t16-,17+,18-,19-,20+,21+/m0/s1. The summed E-state index contributed by atoms with van der Waals surface area (Å²) in [5, 5.41) is 0. The number of rotatable bonds is 2. The minimum absolute atomic E-state index is 0.128. The number of Topliss-reactive ketones (excluding diaryl/α,β-unsaturated/α-hetero) is 1. The molecule has 0 unspecified atom stereocenters. The Morgan fingerprint density at radius 3 is 2.62 bits per heavy atom. The van der Waals surface area contributed by atoms with E-state index in [1.165, 1.54) is 6.29 Å². The van der Waals surface area contributed by atoms with Gasteiger partial charge in [0.2, 0.25) is 0 Å². The molecule has 0 radical (unpaired) electrons. The van der Waals surface area contributed by atoms with E-state index in [0.29, 0.717) is 36.4 Å². The number of hydrogen-bond donors (Lipinski definition) is 0. The van der Waals surface area contributed by atoms with Gasteiger partial charge in [-0.05, 0) is 81.1 Å². The van der Waals surface area contributed by atoms with Gasteiger partial charge in [-0.15, -0.1) is 0 Å². The quantitative estimate of drug-likeness (QED) is 0.722. The smallest absolute Gasteiger partial charge is 0.155 e. The predicted molar refractivity (Wildman–Crippen MR) is 91.3 cm³/mol. The fourth-order valence-electron chi connectivity index (χ4n) is 7.16. The van der Waals surface area contributed by atoms with Crippen molar-refractivity contribution in [2.24, 2.45) is 34.5 Å². The van der Waals surface area contributed by atoms with Gasteiger partial charge in [0.1, 0.15) is 12.1 Å². The number of carbonyl (C=O) groups is 3. The summed E-state index contributed by atoms with van der Waals surface area (Å²) in [5.41, 5.74) is 0.856. The van der Waals surface area contributed by atoms with Crippen LogP contribution < -0.4 is 0 Å². The van der Waals surface area contributed by atoms with Crippen molar-refractivity contribution >= 4 is 17.9 Å². The molecule has 0 amide bonds. The molecule has 0 aromatic heterocycles. The van der Waals surface area contributed by atoms with Crippen LogP contribution in [0.3, 0.4) is 0 Å². The molecule has 3 fully saturated rings. The number of fused-ring (bicyclic) bond motifs is 5. The van der Waals surface area contributed by atoms with Gasteiger partial charge in [0.15, 0.2) is 5.78 Å². The topological polar surface area (TPSA) is 51.2 Å². The molecule has 3 nitrogen and oxygen atoms in total. The SMILES string of the molecule is CC(=O)[C@H]1CC[C@H]2[C@@H]3CCC4=CC(=O)CC[C@]4(C=O)[C@H]3CC[C@]12C. The summed E-state index contributed by atoms with van der Waals surface area (Å²) >= 11 is 0. The molecule has 0 bridgehead atoms. The fraction of sp³-hybridized carbons (Fsp3) is 0.762. The molecule has 0 spiro atoms. The Morgan fingerprint density at radius 1 is 1.12 bits per heavy atom. The van der Waals surface area contributed by atoms with Crippen LogP contribution in [0.25, 0.3) is 0 Å². The summed E-state index contributed by atoms with van der Waals surface area (Å²) in [6.07, 6.45) is 10.4. The van der Waals surface area contributed by atoms with Crippen molar-refractivity contribution in [2.75, 3.05) is 0 Å². The maximum atomic E-state index is 12.2. The van der Waals surface area contributed by atoms with Gasteiger partial charge >= 0.3 is 0 Å². The second kappa shape index (κ2) is 5.37. The highest BCUT2D eigenvalue weighted by Gasteiger charge is 2.60. The van der Waals surface area contributed by atoms with Crippen molar-refractivity contribution in [1.82, 2.24) is 0 Å². The third-order valence-electron chi connectivity index (χ3n) is 8.26. The maximum Gasteiger partial charge on any atom is 0.155 e. The summed E-state index contributed by atoms with van der Waals surface area (Å²) in [6.45, 7) is 4.09. The zero-order valence-corrected chi connectivity index (χ0v) is 14.8. The molecule has 4 aliphatic carbocycles. The van der Waals surface area contributed by atoms with E-state index < -0.39 is 0 Å². The second-order valence-corrected chi connectivity index (χ2v) is 8.99. The lowest BCUT2D eigenvalue weighted by Gasteiger charge is -2.57. The minimum atomic E-state index is -0.382. The third-order valence-corrected chi connectivity index (χ3v) is 8.26. The molecule has 4 aliphatic rings. The summed E-state index contributed by atoms with van der Waals surface area (Å²) in [7, 11) is 0. The van der Waals surface area contributed by atoms with Gasteiger partial charge in [0.05, 0.1) is 5.41 Å². The Labute approximate surface area is 144 Å². The van der Waals surface area contributed by atoms with Crippen molar-refractivity contribution in [3.8, 4) is 0 Å². The Hall–Kier alpha value is -1.25. The Bertz CT molecular complexity index is 633. The van der Waals surface area contributed by atoms with Crippen LogP contribution in [0.5, 0.6) is 0 Å². The lowest BCUT2D eigenvalue weighted by molar-refractivity contribution is -0.134. The van der Waals surface area contributed by atoms with Gasteiger partial charge in [-0.1, -0.05) is 12.5 Å². The van der Waals surface area contributed by atoms with Gasteiger partial charge in [0.25, 0.3) is 0 Å².